The van der Waals surface area contributed by atoms with Crippen LogP contribution in [-0.2, 0) is 9.59 Å². The number of ketones is 2. The summed E-state index contributed by atoms with van der Waals surface area (Å²) in [5.41, 5.74) is 2.25. The second-order valence-corrected chi connectivity index (χ2v) is 7.36. The molecule has 3 atom stereocenters. The quantitative estimate of drug-likeness (QED) is 0.802. The first-order valence-electron chi connectivity index (χ1n) is 7.47. The molecule has 23 heavy (non-hydrogen) atoms. The summed E-state index contributed by atoms with van der Waals surface area (Å²) in [6, 6.07) is 6.75. The number of aromatic hydroxyl groups is 1. The summed E-state index contributed by atoms with van der Waals surface area (Å²) >= 11 is 3.66. The molecule has 0 fully saturated rings. The molecular formula is C19H17BrO3. The average Bonchev–Trinajstić information content (AvgIpc) is 2.53. The highest BCUT2D eigenvalue weighted by Gasteiger charge is 2.56. The van der Waals surface area contributed by atoms with Crippen LogP contribution in [0.2, 0.25) is 0 Å². The number of Topliss-reactive ketones (excluding diaryl/α,β-unsaturated/α-hetero) is 1. The van der Waals surface area contributed by atoms with E-state index < -0.39 is 10.2 Å². The Kier molecular flexibility index (Phi) is 3.88. The monoisotopic (exact) mass is 372 g/mol. The topological polar surface area (TPSA) is 54.4 Å². The number of allylic oxidation sites excluding steroid dienone is 5. The van der Waals surface area contributed by atoms with Gasteiger partial charge < -0.3 is 5.11 Å². The van der Waals surface area contributed by atoms with Gasteiger partial charge in [-0.25, -0.2) is 0 Å². The van der Waals surface area contributed by atoms with Crippen molar-refractivity contribution < 1.29 is 14.7 Å². The van der Waals surface area contributed by atoms with Crippen molar-refractivity contribution in [3.8, 4) is 5.75 Å². The molecule has 2 aliphatic carbocycles. The third kappa shape index (κ3) is 2.32. The standard InChI is InChI=1S/C19H17BrO3/c1-3-12-6-9-15-16(22)10-11(2)18(23)19(15,20)17(12)13-4-7-14(21)8-5-13/h3-8,10,15,17,21H,1,9H2,2H3/t15-,17+,19-/m0/s1. The summed E-state index contributed by atoms with van der Waals surface area (Å²) in [5.74, 6) is -0.675. The lowest BCUT2D eigenvalue weighted by atomic mass is 9.62. The molecule has 0 aromatic heterocycles. The number of fused-ring (bicyclic) bond motifs is 1. The summed E-state index contributed by atoms with van der Waals surface area (Å²) < 4.78 is -1.00. The van der Waals surface area contributed by atoms with Gasteiger partial charge in [0.05, 0.1) is 0 Å². The second-order valence-electron chi connectivity index (χ2n) is 6.05. The van der Waals surface area contributed by atoms with Gasteiger partial charge in [-0.3, -0.25) is 9.59 Å². The van der Waals surface area contributed by atoms with Crippen LogP contribution >= 0.6 is 15.9 Å². The molecule has 3 rings (SSSR count). The molecule has 0 amide bonds. The van der Waals surface area contributed by atoms with Gasteiger partial charge in [0.15, 0.2) is 11.6 Å². The lowest BCUT2D eigenvalue weighted by molar-refractivity contribution is -0.128. The zero-order valence-electron chi connectivity index (χ0n) is 12.8. The Morgan fingerprint density at radius 3 is 2.57 bits per heavy atom. The van der Waals surface area contributed by atoms with Gasteiger partial charge in [-0.2, -0.15) is 0 Å². The smallest absolute Gasteiger partial charge is 0.177 e. The van der Waals surface area contributed by atoms with Crippen molar-refractivity contribution in [2.45, 2.75) is 23.6 Å². The number of phenols is 1. The molecule has 0 heterocycles. The third-order valence-corrected chi connectivity index (χ3v) is 6.09. The van der Waals surface area contributed by atoms with Crippen LogP contribution in [0.25, 0.3) is 0 Å². The van der Waals surface area contributed by atoms with Crippen LogP contribution in [0.1, 0.15) is 24.8 Å². The fourth-order valence-electron chi connectivity index (χ4n) is 3.58. The highest BCUT2D eigenvalue weighted by molar-refractivity contribution is 9.10. The molecule has 4 heteroatoms. The zero-order chi connectivity index (χ0) is 16.8. The lowest BCUT2D eigenvalue weighted by Gasteiger charge is -2.45. The van der Waals surface area contributed by atoms with Crippen LogP contribution in [0, 0.1) is 5.92 Å². The van der Waals surface area contributed by atoms with E-state index in [1.54, 1.807) is 37.3 Å². The van der Waals surface area contributed by atoms with Gasteiger partial charge in [-0.05, 0) is 48.3 Å². The maximum Gasteiger partial charge on any atom is 0.177 e. The number of halogens is 1. The average molecular weight is 373 g/mol. The number of alkyl halides is 1. The number of phenolic OH excluding ortho intramolecular Hbond substituents is 1. The molecule has 3 nitrogen and oxygen atoms in total. The molecule has 0 spiro atoms. The van der Waals surface area contributed by atoms with Gasteiger partial charge in [0, 0.05) is 11.8 Å². The Labute approximate surface area is 143 Å². The highest BCUT2D eigenvalue weighted by atomic mass is 79.9. The number of hydrogen-bond donors (Lipinski definition) is 1. The molecule has 0 saturated heterocycles. The highest BCUT2D eigenvalue weighted by Crippen LogP contribution is 2.54. The third-order valence-electron chi connectivity index (χ3n) is 4.72. The molecule has 0 radical (unpaired) electrons. The van der Waals surface area contributed by atoms with E-state index in [2.05, 4.69) is 22.5 Å². The Balaban J connectivity index is 2.22. The maximum absolute atomic E-state index is 13.0. The Morgan fingerprint density at radius 1 is 1.30 bits per heavy atom. The van der Waals surface area contributed by atoms with Gasteiger partial charge in [0.1, 0.15) is 10.1 Å². The van der Waals surface area contributed by atoms with Crippen molar-refractivity contribution in [2.75, 3.05) is 0 Å². The van der Waals surface area contributed by atoms with Gasteiger partial charge in [0.2, 0.25) is 0 Å². The van der Waals surface area contributed by atoms with Gasteiger partial charge in [-0.1, -0.05) is 46.8 Å². The number of hydrogen-bond acceptors (Lipinski definition) is 3. The Hall–Kier alpha value is -1.94. The van der Waals surface area contributed by atoms with Crippen molar-refractivity contribution in [1.82, 2.24) is 0 Å². The van der Waals surface area contributed by atoms with Crippen LogP contribution in [0.4, 0.5) is 0 Å². The van der Waals surface area contributed by atoms with E-state index in [0.29, 0.717) is 12.0 Å². The molecule has 1 N–H and O–H groups in total. The minimum Gasteiger partial charge on any atom is -0.508 e. The first kappa shape index (κ1) is 15.9. The Bertz CT molecular complexity index is 757. The molecule has 0 bridgehead atoms. The minimum atomic E-state index is -1.00. The molecule has 0 aliphatic heterocycles. The van der Waals surface area contributed by atoms with Crippen LogP contribution in [0.3, 0.4) is 0 Å². The molecule has 2 aliphatic rings. The first-order valence-corrected chi connectivity index (χ1v) is 8.26. The molecular weight excluding hydrogens is 356 g/mol. The van der Waals surface area contributed by atoms with Gasteiger partial charge in [0.25, 0.3) is 0 Å². The first-order chi connectivity index (χ1) is 10.9. The van der Waals surface area contributed by atoms with Crippen molar-refractivity contribution in [2.24, 2.45) is 5.92 Å². The molecule has 0 saturated carbocycles. The van der Waals surface area contributed by atoms with Gasteiger partial charge >= 0.3 is 0 Å². The number of carbonyl (C=O) groups excluding carboxylic acids is 2. The molecule has 0 unspecified atom stereocenters. The van der Waals surface area contributed by atoms with E-state index in [1.165, 1.54) is 6.08 Å². The molecule has 118 valence electrons. The largest absolute Gasteiger partial charge is 0.508 e. The van der Waals surface area contributed by atoms with Crippen molar-refractivity contribution >= 4 is 27.5 Å². The van der Waals surface area contributed by atoms with Crippen molar-refractivity contribution in [3.05, 3.63) is 65.8 Å². The summed E-state index contributed by atoms with van der Waals surface area (Å²) in [6.07, 6.45) is 5.68. The van der Waals surface area contributed by atoms with Crippen LogP contribution in [0.5, 0.6) is 5.75 Å². The second kappa shape index (κ2) is 5.60. The Morgan fingerprint density at radius 2 is 1.96 bits per heavy atom. The zero-order valence-corrected chi connectivity index (χ0v) is 14.3. The van der Waals surface area contributed by atoms with E-state index in [9.17, 15) is 14.7 Å². The van der Waals surface area contributed by atoms with Crippen LogP contribution in [-0.4, -0.2) is 21.0 Å². The maximum atomic E-state index is 13.0. The van der Waals surface area contributed by atoms with Crippen molar-refractivity contribution in [3.63, 3.8) is 0 Å². The normalized spacial score (nSPS) is 30.3. The number of rotatable bonds is 2. The van der Waals surface area contributed by atoms with E-state index in [1.807, 2.05) is 6.08 Å². The number of carbonyl (C=O) groups is 2. The fraction of sp³-hybridized carbons (Fsp3) is 0.263. The van der Waals surface area contributed by atoms with E-state index in [4.69, 9.17) is 0 Å². The van der Waals surface area contributed by atoms with Crippen molar-refractivity contribution in [1.29, 1.82) is 0 Å². The molecule has 1 aromatic rings. The predicted octanol–water partition coefficient (Wildman–Crippen LogP) is 3.84. The summed E-state index contributed by atoms with van der Waals surface area (Å²) in [5, 5.41) is 9.53. The van der Waals surface area contributed by atoms with Gasteiger partial charge in [-0.15, -0.1) is 0 Å². The summed E-state index contributed by atoms with van der Waals surface area (Å²) in [4.78, 5) is 25.4. The summed E-state index contributed by atoms with van der Waals surface area (Å²) in [7, 11) is 0. The van der Waals surface area contributed by atoms with E-state index in [-0.39, 0.29) is 23.2 Å². The SMILES string of the molecule is C=CC1=CC[C@H]2C(=O)C=C(C)C(=O)[C@@]2(Br)[C@H]1c1ccc(O)cc1. The molecule has 1 aromatic carbocycles. The predicted molar refractivity (Wildman–Crippen MR) is 92.7 cm³/mol. The number of benzene rings is 1. The van der Waals surface area contributed by atoms with E-state index >= 15 is 0 Å². The minimum absolute atomic E-state index is 0.0258. The van der Waals surface area contributed by atoms with Crippen LogP contribution in [0.15, 0.2) is 60.2 Å². The van der Waals surface area contributed by atoms with Crippen LogP contribution < -0.4 is 0 Å². The van der Waals surface area contributed by atoms with E-state index in [0.717, 1.165) is 11.1 Å². The summed E-state index contributed by atoms with van der Waals surface area (Å²) in [6.45, 7) is 5.54. The fourth-order valence-corrected chi connectivity index (χ4v) is 4.84. The lowest BCUT2D eigenvalue weighted by Crippen LogP contribution is -2.53.